The Morgan fingerprint density at radius 3 is 2.29 bits per heavy atom. The van der Waals surface area contributed by atoms with E-state index >= 15 is 0 Å². The molecule has 0 atom stereocenters. The Morgan fingerprint density at radius 2 is 1.58 bits per heavy atom. The largest absolute Gasteiger partial charge is 0.297 e. The maximum atomic E-state index is 4.66. The molecule has 0 unspecified atom stereocenters. The van der Waals surface area contributed by atoms with Crippen molar-refractivity contribution in [3.8, 4) is 0 Å². The highest BCUT2D eigenvalue weighted by atomic mass is 15.3. The summed E-state index contributed by atoms with van der Waals surface area (Å²) in [6.45, 7) is 8.62. The van der Waals surface area contributed by atoms with Crippen molar-refractivity contribution in [1.29, 1.82) is 0 Å². The lowest BCUT2D eigenvalue weighted by Crippen LogP contribution is -2.45. The standard InChI is InChI=1S/C20H24N4/c1-17-5-7-18(8-6-17)15-22-10-12-23(13-11-22)16-19-14-20-4-2-3-9-24(20)21-19/h2-9,14H,10-13,15-16H2,1H3. The Bertz CT molecular complexity index is 765. The minimum atomic E-state index is 0.944. The van der Waals surface area contributed by atoms with Gasteiger partial charge in [-0.2, -0.15) is 5.10 Å². The Morgan fingerprint density at radius 1 is 0.875 bits per heavy atom. The highest BCUT2D eigenvalue weighted by Gasteiger charge is 2.18. The molecule has 4 rings (SSSR count). The number of pyridine rings is 1. The second-order valence-electron chi connectivity index (χ2n) is 6.74. The van der Waals surface area contributed by atoms with E-state index in [9.17, 15) is 0 Å². The molecule has 0 N–H and O–H groups in total. The van der Waals surface area contributed by atoms with Gasteiger partial charge in [0.05, 0.1) is 11.2 Å². The number of nitrogens with zero attached hydrogens (tertiary/aromatic N) is 4. The molecule has 124 valence electrons. The molecule has 1 aliphatic rings. The lowest BCUT2D eigenvalue weighted by molar-refractivity contribution is 0.121. The molecule has 3 heterocycles. The SMILES string of the molecule is Cc1ccc(CN2CCN(Cc3cc4ccccn4n3)CC2)cc1. The summed E-state index contributed by atoms with van der Waals surface area (Å²) in [7, 11) is 0. The molecule has 1 saturated heterocycles. The van der Waals surface area contributed by atoms with Crippen LogP contribution < -0.4 is 0 Å². The van der Waals surface area contributed by atoms with Crippen LogP contribution in [-0.4, -0.2) is 45.6 Å². The predicted molar refractivity (Wildman–Crippen MR) is 96.9 cm³/mol. The van der Waals surface area contributed by atoms with E-state index in [1.807, 2.05) is 16.8 Å². The molecule has 0 bridgehead atoms. The molecule has 0 saturated carbocycles. The molecule has 1 aromatic carbocycles. The molecule has 3 aromatic rings. The van der Waals surface area contributed by atoms with Crippen LogP contribution in [0.15, 0.2) is 54.7 Å². The van der Waals surface area contributed by atoms with Gasteiger partial charge in [0.15, 0.2) is 0 Å². The summed E-state index contributed by atoms with van der Waals surface area (Å²) < 4.78 is 1.96. The van der Waals surface area contributed by atoms with Crippen LogP contribution in [0.2, 0.25) is 0 Å². The first-order valence-corrected chi connectivity index (χ1v) is 8.70. The molecular formula is C20H24N4. The van der Waals surface area contributed by atoms with Crippen molar-refractivity contribution in [2.75, 3.05) is 26.2 Å². The van der Waals surface area contributed by atoms with E-state index in [4.69, 9.17) is 0 Å². The summed E-state index contributed by atoms with van der Waals surface area (Å²) in [5.74, 6) is 0. The maximum Gasteiger partial charge on any atom is 0.0775 e. The van der Waals surface area contributed by atoms with Crippen LogP contribution >= 0.6 is 0 Å². The van der Waals surface area contributed by atoms with Crippen molar-refractivity contribution < 1.29 is 0 Å². The molecule has 0 amide bonds. The predicted octanol–water partition coefficient (Wildman–Crippen LogP) is 2.96. The fraction of sp³-hybridized carbons (Fsp3) is 0.350. The van der Waals surface area contributed by atoms with E-state index in [1.165, 1.54) is 16.6 Å². The molecule has 4 nitrogen and oxygen atoms in total. The molecule has 0 aliphatic carbocycles. The summed E-state index contributed by atoms with van der Waals surface area (Å²) in [5, 5.41) is 4.66. The molecule has 2 aromatic heterocycles. The van der Waals surface area contributed by atoms with Gasteiger partial charge in [-0.05, 0) is 30.7 Å². The average molecular weight is 320 g/mol. The van der Waals surface area contributed by atoms with Crippen LogP contribution in [0.4, 0.5) is 0 Å². The topological polar surface area (TPSA) is 23.8 Å². The van der Waals surface area contributed by atoms with Gasteiger partial charge in [-0.25, -0.2) is 4.52 Å². The van der Waals surface area contributed by atoms with Gasteiger partial charge in [0, 0.05) is 45.5 Å². The Hall–Kier alpha value is -2.17. The Labute approximate surface area is 143 Å². The number of fused-ring (bicyclic) bond motifs is 1. The van der Waals surface area contributed by atoms with E-state index in [2.05, 4.69) is 64.3 Å². The highest BCUT2D eigenvalue weighted by Crippen LogP contribution is 2.13. The zero-order chi connectivity index (χ0) is 16.4. The van der Waals surface area contributed by atoms with Crippen molar-refractivity contribution >= 4 is 5.52 Å². The first-order chi connectivity index (χ1) is 11.8. The van der Waals surface area contributed by atoms with E-state index < -0.39 is 0 Å². The summed E-state index contributed by atoms with van der Waals surface area (Å²) >= 11 is 0. The Balaban J connectivity index is 1.31. The number of aryl methyl sites for hydroxylation is 1. The monoisotopic (exact) mass is 320 g/mol. The van der Waals surface area contributed by atoms with E-state index in [1.54, 1.807) is 0 Å². The van der Waals surface area contributed by atoms with Gasteiger partial charge < -0.3 is 0 Å². The molecule has 4 heteroatoms. The fourth-order valence-corrected chi connectivity index (χ4v) is 3.35. The van der Waals surface area contributed by atoms with Gasteiger partial charge in [0.1, 0.15) is 0 Å². The molecule has 24 heavy (non-hydrogen) atoms. The molecule has 0 spiro atoms. The molecule has 1 aliphatic heterocycles. The van der Waals surface area contributed by atoms with Crippen molar-refractivity contribution in [3.05, 3.63) is 71.5 Å². The zero-order valence-electron chi connectivity index (χ0n) is 14.2. The first kappa shape index (κ1) is 15.4. The van der Waals surface area contributed by atoms with Gasteiger partial charge >= 0.3 is 0 Å². The average Bonchev–Trinajstić information content (AvgIpc) is 3.01. The van der Waals surface area contributed by atoms with Crippen LogP contribution in [0.3, 0.4) is 0 Å². The molecule has 1 fully saturated rings. The summed E-state index contributed by atoms with van der Waals surface area (Å²) in [5.41, 5.74) is 5.07. The van der Waals surface area contributed by atoms with Crippen molar-refractivity contribution in [3.63, 3.8) is 0 Å². The summed E-state index contributed by atoms with van der Waals surface area (Å²) in [4.78, 5) is 5.05. The summed E-state index contributed by atoms with van der Waals surface area (Å²) in [6, 6.07) is 17.3. The number of benzene rings is 1. The Kier molecular flexibility index (Phi) is 4.32. The van der Waals surface area contributed by atoms with Crippen LogP contribution in [0.1, 0.15) is 16.8 Å². The summed E-state index contributed by atoms with van der Waals surface area (Å²) in [6.07, 6.45) is 2.01. The number of piperazine rings is 1. The number of aromatic nitrogens is 2. The third kappa shape index (κ3) is 3.50. The third-order valence-corrected chi connectivity index (χ3v) is 4.80. The van der Waals surface area contributed by atoms with E-state index in [-0.39, 0.29) is 0 Å². The van der Waals surface area contributed by atoms with Crippen LogP contribution in [0.25, 0.3) is 5.52 Å². The van der Waals surface area contributed by atoms with Gasteiger partial charge in [-0.15, -0.1) is 0 Å². The highest BCUT2D eigenvalue weighted by molar-refractivity contribution is 5.46. The van der Waals surface area contributed by atoms with Crippen molar-refractivity contribution in [1.82, 2.24) is 19.4 Å². The van der Waals surface area contributed by atoms with Crippen LogP contribution in [0.5, 0.6) is 0 Å². The smallest absolute Gasteiger partial charge is 0.0775 e. The molecule has 0 radical (unpaired) electrons. The van der Waals surface area contributed by atoms with Gasteiger partial charge in [-0.1, -0.05) is 35.9 Å². The number of rotatable bonds is 4. The second kappa shape index (κ2) is 6.75. The van der Waals surface area contributed by atoms with Crippen molar-refractivity contribution in [2.45, 2.75) is 20.0 Å². The first-order valence-electron chi connectivity index (χ1n) is 8.70. The molecular weight excluding hydrogens is 296 g/mol. The van der Waals surface area contributed by atoms with Crippen LogP contribution in [0, 0.1) is 6.92 Å². The second-order valence-corrected chi connectivity index (χ2v) is 6.74. The lowest BCUT2D eigenvalue weighted by Gasteiger charge is -2.34. The van der Waals surface area contributed by atoms with Crippen LogP contribution in [-0.2, 0) is 13.1 Å². The zero-order valence-corrected chi connectivity index (χ0v) is 14.2. The number of hydrogen-bond donors (Lipinski definition) is 0. The minimum Gasteiger partial charge on any atom is -0.297 e. The third-order valence-electron chi connectivity index (χ3n) is 4.80. The quantitative estimate of drug-likeness (QED) is 0.738. The van der Waals surface area contributed by atoms with E-state index in [0.29, 0.717) is 0 Å². The minimum absolute atomic E-state index is 0.944. The van der Waals surface area contributed by atoms with Gasteiger partial charge in [0.2, 0.25) is 0 Å². The number of hydrogen-bond acceptors (Lipinski definition) is 3. The van der Waals surface area contributed by atoms with Crippen molar-refractivity contribution in [2.24, 2.45) is 0 Å². The van der Waals surface area contributed by atoms with Gasteiger partial charge in [0.25, 0.3) is 0 Å². The van der Waals surface area contributed by atoms with E-state index in [0.717, 1.165) is 45.0 Å². The fourth-order valence-electron chi connectivity index (χ4n) is 3.35. The lowest BCUT2D eigenvalue weighted by atomic mass is 10.1. The normalized spacial score (nSPS) is 16.7. The van der Waals surface area contributed by atoms with Gasteiger partial charge in [-0.3, -0.25) is 9.80 Å². The maximum absolute atomic E-state index is 4.66.